The first-order valence-corrected chi connectivity index (χ1v) is 6.10. The second kappa shape index (κ2) is 5.50. The van der Waals surface area contributed by atoms with Crippen LogP contribution >= 0.6 is 0 Å². The lowest BCUT2D eigenvalue weighted by atomic mass is 9.96. The van der Waals surface area contributed by atoms with Gasteiger partial charge in [-0.25, -0.2) is 4.85 Å². The van der Waals surface area contributed by atoms with Crippen LogP contribution in [0, 0.1) is 6.57 Å². The molecule has 0 bridgehead atoms. The highest BCUT2D eigenvalue weighted by Crippen LogP contribution is 2.42. The lowest BCUT2D eigenvalue weighted by molar-refractivity contribution is -0.137. The van der Waals surface area contributed by atoms with Gasteiger partial charge < -0.3 is 5.73 Å². The first kappa shape index (κ1) is 16.7. The molecule has 0 atom stereocenters. The highest BCUT2D eigenvalue weighted by Gasteiger charge is 2.36. The molecular weight excluding hydrogens is 322 g/mol. The molecule has 0 saturated heterocycles. The molecule has 2 aromatic rings. The van der Waals surface area contributed by atoms with Gasteiger partial charge in [-0.05, 0) is 23.3 Å². The summed E-state index contributed by atoms with van der Waals surface area (Å²) >= 11 is 0. The van der Waals surface area contributed by atoms with Crippen molar-refractivity contribution >= 4 is 11.4 Å². The molecule has 0 unspecified atom stereocenters. The Labute approximate surface area is 127 Å². The van der Waals surface area contributed by atoms with Crippen molar-refractivity contribution < 1.29 is 26.3 Å². The fourth-order valence-corrected chi connectivity index (χ4v) is 2.08. The van der Waals surface area contributed by atoms with Crippen molar-refractivity contribution in [3.63, 3.8) is 0 Å². The second-order valence-corrected chi connectivity index (χ2v) is 4.64. The van der Waals surface area contributed by atoms with Crippen molar-refractivity contribution in [2.75, 3.05) is 5.73 Å². The van der Waals surface area contributed by atoms with Crippen LogP contribution in [0.4, 0.5) is 37.7 Å². The van der Waals surface area contributed by atoms with Crippen LogP contribution in [0.2, 0.25) is 0 Å². The molecule has 2 rings (SSSR count). The maximum Gasteiger partial charge on any atom is 0.417 e. The molecular formula is C15H8F6N2. The number of hydrogen-bond acceptors (Lipinski definition) is 1. The molecule has 0 fully saturated rings. The van der Waals surface area contributed by atoms with Crippen LogP contribution in [0.3, 0.4) is 0 Å². The molecule has 23 heavy (non-hydrogen) atoms. The zero-order valence-electron chi connectivity index (χ0n) is 11.3. The topological polar surface area (TPSA) is 30.4 Å². The molecule has 0 aliphatic carbocycles. The average Bonchev–Trinajstić information content (AvgIpc) is 2.44. The van der Waals surface area contributed by atoms with Crippen LogP contribution in [-0.4, -0.2) is 0 Å². The Bertz CT molecular complexity index is 784. The van der Waals surface area contributed by atoms with Gasteiger partial charge in [-0.3, -0.25) is 0 Å². The lowest BCUT2D eigenvalue weighted by Crippen LogP contribution is -2.09. The van der Waals surface area contributed by atoms with Crippen LogP contribution in [0.5, 0.6) is 0 Å². The number of alkyl halides is 6. The zero-order chi connectivity index (χ0) is 17.4. The van der Waals surface area contributed by atoms with E-state index in [-0.39, 0.29) is 11.3 Å². The first-order chi connectivity index (χ1) is 10.5. The number of nitrogens with two attached hydrogens (primary N) is 1. The lowest BCUT2D eigenvalue weighted by Gasteiger charge is -2.16. The molecule has 2 nitrogen and oxygen atoms in total. The van der Waals surface area contributed by atoms with E-state index in [4.69, 9.17) is 12.3 Å². The van der Waals surface area contributed by atoms with E-state index in [9.17, 15) is 26.3 Å². The Morgan fingerprint density at radius 2 is 1.43 bits per heavy atom. The predicted octanol–water partition coefficient (Wildman–Crippen LogP) is 5.52. The predicted molar refractivity (Wildman–Crippen MR) is 72.6 cm³/mol. The molecule has 0 radical (unpaired) electrons. The number of hydrogen-bond donors (Lipinski definition) is 1. The summed E-state index contributed by atoms with van der Waals surface area (Å²) < 4.78 is 78.0. The summed E-state index contributed by atoms with van der Waals surface area (Å²) in [7, 11) is 0. The normalized spacial score (nSPS) is 12.0. The zero-order valence-corrected chi connectivity index (χ0v) is 11.3. The van der Waals surface area contributed by atoms with Crippen molar-refractivity contribution in [1.82, 2.24) is 0 Å². The maximum absolute atomic E-state index is 13.1. The van der Waals surface area contributed by atoms with Gasteiger partial charge in [0.05, 0.1) is 17.7 Å². The summed E-state index contributed by atoms with van der Waals surface area (Å²) in [6.45, 7) is 6.74. The SMILES string of the molecule is [C-]#[N+]c1ccc(-c2ccc(N)cc2C(F)(F)F)cc1C(F)(F)F. The quantitative estimate of drug-likeness (QED) is 0.416. The molecule has 0 amide bonds. The van der Waals surface area contributed by atoms with Crippen LogP contribution in [-0.2, 0) is 12.4 Å². The van der Waals surface area contributed by atoms with E-state index < -0.39 is 34.7 Å². The maximum atomic E-state index is 13.1. The van der Waals surface area contributed by atoms with E-state index in [2.05, 4.69) is 4.85 Å². The number of anilines is 1. The molecule has 120 valence electrons. The first-order valence-electron chi connectivity index (χ1n) is 6.10. The average molecular weight is 330 g/mol. The van der Waals surface area contributed by atoms with Crippen LogP contribution in [0.15, 0.2) is 36.4 Å². The minimum absolute atomic E-state index is 0.158. The van der Waals surface area contributed by atoms with Crippen molar-refractivity contribution in [3.05, 3.63) is 58.9 Å². The number of nitrogen functional groups attached to an aromatic ring is 1. The van der Waals surface area contributed by atoms with Gasteiger partial charge in [0.25, 0.3) is 0 Å². The monoisotopic (exact) mass is 330 g/mol. The minimum Gasteiger partial charge on any atom is -0.399 e. The molecule has 8 heteroatoms. The Morgan fingerprint density at radius 1 is 0.826 bits per heavy atom. The van der Waals surface area contributed by atoms with Gasteiger partial charge in [-0.1, -0.05) is 24.3 Å². The minimum atomic E-state index is -4.85. The highest BCUT2D eigenvalue weighted by atomic mass is 19.4. The van der Waals surface area contributed by atoms with E-state index in [0.717, 1.165) is 18.2 Å². The Morgan fingerprint density at radius 3 is 1.96 bits per heavy atom. The Balaban J connectivity index is 2.72. The van der Waals surface area contributed by atoms with Gasteiger partial charge in [0, 0.05) is 5.69 Å². The van der Waals surface area contributed by atoms with Crippen LogP contribution in [0.1, 0.15) is 11.1 Å². The molecule has 2 N–H and O–H groups in total. The van der Waals surface area contributed by atoms with E-state index in [0.29, 0.717) is 12.1 Å². The van der Waals surface area contributed by atoms with Gasteiger partial charge in [-0.15, -0.1) is 0 Å². The Kier molecular flexibility index (Phi) is 3.99. The standard InChI is InChI=1S/C15H8F6N2/c1-23-13-5-2-8(6-12(13)15(19,20)21)10-4-3-9(22)7-11(10)14(16,17)18/h2-7H,22H2. The van der Waals surface area contributed by atoms with Gasteiger partial charge in [-0.2, -0.15) is 26.3 Å². The summed E-state index contributed by atoms with van der Waals surface area (Å²) in [5.74, 6) is 0. The van der Waals surface area contributed by atoms with E-state index in [1.807, 2.05) is 0 Å². The van der Waals surface area contributed by atoms with E-state index in [1.165, 1.54) is 6.07 Å². The third kappa shape index (κ3) is 3.39. The molecule has 0 saturated carbocycles. The van der Waals surface area contributed by atoms with Crippen LogP contribution < -0.4 is 5.73 Å². The third-order valence-electron chi connectivity index (χ3n) is 3.08. The molecule has 0 spiro atoms. The molecule has 0 aliphatic rings. The molecule has 0 aromatic heterocycles. The summed E-state index contributed by atoms with van der Waals surface area (Å²) in [4.78, 5) is 2.74. The molecule has 2 aromatic carbocycles. The fraction of sp³-hybridized carbons (Fsp3) is 0.133. The van der Waals surface area contributed by atoms with Gasteiger partial charge in [0.2, 0.25) is 0 Å². The van der Waals surface area contributed by atoms with Crippen molar-refractivity contribution in [2.24, 2.45) is 0 Å². The number of halogens is 6. The summed E-state index contributed by atoms with van der Waals surface area (Å²) in [6, 6.07) is 5.26. The van der Waals surface area contributed by atoms with Gasteiger partial charge >= 0.3 is 12.4 Å². The number of nitrogens with zero attached hydrogens (tertiary/aromatic N) is 1. The summed E-state index contributed by atoms with van der Waals surface area (Å²) in [5, 5.41) is 0. The van der Waals surface area contributed by atoms with E-state index >= 15 is 0 Å². The Hall–Kier alpha value is -2.69. The fourth-order valence-electron chi connectivity index (χ4n) is 2.08. The van der Waals surface area contributed by atoms with E-state index in [1.54, 1.807) is 0 Å². The number of benzene rings is 2. The summed E-state index contributed by atoms with van der Waals surface area (Å²) in [5.41, 5.74) is 1.34. The smallest absolute Gasteiger partial charge is 0.399 e. The van der Waals surface area contributed by atoms with Gasteiger partial charge in [0.15, 0.2) is 5.69 Å². The largest absolute Gasteiger partial charge is 0.417 e. The third-order valence-corrected chi connectivity index (χ3v) is 3.08. The second-order valence-electron chi connectivity index (χ2n) is 4.64. The molecule has 0 heterocycles. The number of rotatable bonds is 1. The van der Waals surface area contributed by atoms with Crippen LogP contribution in [0.25, 0.3) is 16.0 Å². The van der Waals surface area contributed by atoms with Crippen molar-refractivity contribution in [3.8, 4) is 11.1 Å². The van der Waals surface area contributed by atoms with Crippen molar-refractivity contribution in [2.45, 2.75) is 12.4 Å². The summed E-state index contributed by atoms with van der Waals surface area (Å²) in [6.07, 6.45) is -9.62. The molecule has 0 aliphatic heterocycles. The van der Waals surface area contributed by atoms with Gasteiger partial charge in [0.1, 0.15) is 0 Å². The highest BCUT2D eigenvalue weighted by molar-refractivity contribution is 5.74. The van der Waals surface area contributed by atoms with Crippen molar-refractivity contribution in [1.29, 1.82) is 0 Å².